The summed E-state index contributed by atoms with van der Waals surface area (Å²) in [6, 6.07) is 17.8. The zero-order valence-electron chi connectivity index (χ0n) is 13.7. The van der Waals surface area contributed by atoms with Gasteiger partial charge in [0.05, 0.1) is 5.16 Å². The van der Waals surface area contributed by atoms with Gasteiger partial charge in [0, 0.05) is 6.54 Å². The number of carbonyl (C=O) groups is 1. The normalized spacial score (nSPS) is 11.1. The van der Waals surface area contributed by atoms with Gasteiger partial charge in [-0.1, -0.05) is 30.3 Å². The fraction of sp³-hybridized carbons (Fsp3) is 0.316. The Morgan fingerprint density at radius 1 is 1.09 bits per heavy atom. The van der Waals surface area contributed by atoms with Crippen molar-refractivity contribution < 1.29 is 9.53 Å². The molecular weight excluding hydrogens is 305 g/mol. The molecule has 0 bridgehead atoms. The molecule has 3 nitrogen and oxygen atoms in total. The highest BCUT2D eigenvalue weighted by molar-refractivity contribution is 7.20. The molecule has 0 spiro atoms. The topological polar surface area (TPSA) is 38.3 Å². The van der Waals surface area contributed by atoms with Crippen molar-refractivity contribution >= 4 is 15.1 Å². The van der Waals surface area contributed by atoms with E-state index in [1.165, 1.54) is 5.56 Å². The third kappa shape index (κ3) is 6.03. The molecule has 1 amide bonds. The first-order valence-electron chi connectivity index (χ1n) is 7.84. The molecule has 0 aliphatic rings. The summed E-state index contributed by atoms with van der Waals surface area (Å²) in [7, 11) is 2.56. The van der Waals surface area contributed by atoms with Crippen molar-refractivity contribution in [2.75, 3.05) is 6.54 Å². The lowest BCUT2D eigenvalue weighted by atomic mass is 10.1. The zero-order chi connectivity index (χ0) is 16.7. The lowest BCUT2D eigenvalue weighted by Gasteiger charge is -2.17. The van der Waals surface area contributed by atoms with Gasteiger partial charge in [-0.05, 0) is 56.5 Å². The van der Waals surface area contributed by atoms with Gasteiger partial charge in [0.25, 0.3) is 0 Å². The highest BCUT2D eigenvalue weighted by atomic mass is 31.0. The maximum atomic E-state index is 11.8. The number of rotatable bonds is 7. The molecule has 2 rings (SSSR count). The SMILES string of the molecule is CC(C)(P)C(=O)NCCCc1cccc(Oc2ccccc2)c1. The van der Waals surface area contributed by atoms with E-state index in [2.05, 4.69) is 26.7 Å². The molecule has 0 aliphatic heterocycles. The Morgan fingerprint density at radius 3 is 2.48 bits per heavy atom. The second-order valence-electron chi connectivity index (χ2n) is 6.14. The molecule has 4 heteroatoms. The molecule has 0 fully saturated rings. The molecule has 23 heavy (non-hydrogen) atoms. The van der Waals surface area contributed by atoms with Gasteiger partial charge in [-0.25, -0.2) is 0 Å². The molecule has 1 N–H and O–H groups in total. The summed E-state index contributed by atoms with van der Waals surface area (Å²) in [5.41, 5.74) is 1.21. The van der Waals surface area contributed by atoms with Gasteiger partial charge in [0.15, 0.2) is 0 Å². The molecular formula is C19H24NO2P. The van der Waals surface area contributed by atoms with Crippen molar-refractivity contribution in [3.8, 4) is 11.5 Å². The quantitative estimate of drug-likeness (QED) is 0.611. The molecule has 0 aliphatic carbocycles. The Morgan fingerprint density at radius 2 is 1.78 bits per heavy atom. The summed E-state index contributed by atoms with van der Waals surface area (Å²) in [6.07, 6.45) is 1.81. The van der Waals surface area contributed by atoms with E-state index in [0.29, 0.717) is 6.54 Å². The molecule has 1 unspecified atom stereocenters. The first-order chi connectivity index (χ1) is 10.9. The Kier molecular flexibility index (Phi) is 6.18. The standard InChI is InChI=1S/C19H24NO2P/c1-19(2,23)18(21)20-13-7-9-15-8-6-12-17(14-15)22-16-10-4-3-5-11-16/h3-6,8,10-12,14H,7,9,13,23H2,1-2H3,(H,20,21). The number of nitrogens with one attached hydrogen (secondary N) is 1. The lowest BCUT2D eigenvalue weighted by molar-refractivity contribution is -0.122. The average molecular weight is 329 g/mol. The van der Waals surface area contributed by atoms with Crippen molar-refractivity contribution in [1.82, 2.24) is 5.32 Å². The minimum Gasteiger partial charge on any atom is -0.457 e. The Hall–Kier alpha value is -1.86. The smallest absolute Gasteiger partial charge is 0.229 e. The van der Waals surface area contributed by atoms with Gasteiger partial charge in [-0.2, -0.15) is 0 Å². The molecule has 0 saturated heterocycles. The molecule has 2 aromatic rings. The van der Waals surface area contributed by atoms with Gasteiger partial charge in [0.2, 0.25) is 5.91 Å². The highest BCUT2D eigenvalue weighted by Gasteiger charge is 2.20. The van der Waals surface area contributed by atoms with E-state index in [4.69, 9.17) is 4.74 Å². The van der Waals surface area contributed by atoms with Crippen LogP contribution in [-0.4, -0.2) is 17.6 Å². The Labute approximate surface area is 140 Å². The number of hydrogen-bond donors (Lipinski definition) is 1. The summed E-state index contributed by atoms with van der Waals surface area (Å²) < 4.78 is 5.84. The number of aryl methyl sites for hydroxylation is 1. The number of carbonyl (C=O) groups excluding carboxylic acids is 1. The van der Waals surface area contributed by atoms with Crippen LogP contribution in [0.1, 0.15) is 25.8 Å². The van der Waals surface area contributed by atoms with Crippen LogP contribution in [0.4, 0.5) is 0 Å². The fourth-order valence-corrected chi connectivity index (χ4v) is 2.21. The number of amides is 1. The number of hydrogen-bond acceptors (Lipinski definition) is 2. The Bertz CT molecular complexity index is 635. The third-order valence-corrected chi connectivity index (χ3v) is 3.65. The zero-order valence-corrected chi connectivity index (χ0v) is 14.9. The predicted octanol–water partition coefficient (Wildman–Crippen LogP) is 4.18. The van der Waals surface area contributed by atoms with Crippen molar-refractivity contribution in [3.63, 3.8) is 0 Å². The van der Waals surface area contributed by atoms with E-state index >= 15 is 0 Å². The van der Waals surface area contributed by atoms with Crippen molar-refractivity contribution in [3.05, 3.63) is 60.2 Å². The average Bonchev–Trinajstić information content (AvgIpc) is 2.52. The molecule has 0 radical (unpaired) electrons. The summed E-state index contributed by atoms with van der Waals surface area (Å²) in [4.78, 5) is 11.8. The van der Waals surface area contributed by atoms with E-state index in [-0.39, 0.29) is 5.91 Å². The van der Waals surface area contributed by atoms with Gasteiger partial charge in [-0.15, -0.1) is 9.24 Å². The maximum Gasteiger partial charge on any atom is 0.229 e. The monoisotopic (exact) mass is 329 g/mol. The molecule has 0 heterocycles. The highest BCUT2D eigenvalue weighted by Crippen LogP contribution is 2.22. The van der Waals surface area contributed by atoms with Crippen LogP contribution < -0.4 is 10.1 Å². The molecule has 1 atom stereocenters. The fourth-order valence-electron chi connectivity index (χ4n) is 2.11. The van der Waals surface area contributed by atoms with Crippen LogP contribution in [0.2, 0.25) is 0 Å². The van der Waals surface area contributed by atoms with Crippen LogP contribution >= 0.6 is 9.24 Å². The first kappa shape index (κ1) is 17.5. The van der Waals surface area contributed by atoms with Crippen molar-refractivity contribution in [2.45, 2.75) is 31.8 Å². The lowest BCUT2D eigenvalue weighted by Crippen LogP contribution is -2.38. The summed E-state index contributed by atoms with van der Waals surface area (Å²) in [5.74, 6) is 1.73. The van der Waals surface area contributed by atoms with E-state index in [1.54, 1.807) is 0 Å². The van der Waals surface area contributed by atoms with Crippen LogP contribution in [0.5, 0.6) is 11.5 Å². The number of ether oxygens (including phenoxy) is 1. The van der Waals surface area contributed by atoms with E-state index in [0.717, 1.165) is 24.3 Å². The second kappa shape index (κ2) is 8.12. The number of para-hydroxylation sites is 1. The van der Waals surface area contributed by atoms with Gasteiger partial charge in [-0.3, -0.25) is 4.79 Å². The van der Waals surface area contributed by atoms with Crippen LogP contribution in [-0.2, 0) is 11.2 Å². The molecule has 0 aromatic heterocycles. The van der Waals surface area contributed by atoms with E-state index in [9.17, 15) is 4.79 Å². The van der Waals surface area contributed by atoms with Crippen molar-refractivity contribution in [2.24, 2.45) is 0 Å². The second-order valence-corrected chi connectivity index (χ2v) is 7.59. The first-order valence-corrected chi connectivity index (χ1v) is 8.42. The van der Waals surface area contributed by atoms with Gasteiger partial charge < -0.3 is 10.1 Å². The van der Waals surface area contributed by atoms with Crippen molar-refractivity contribution in [1.29, 1.82) is 0 Å². The molecule has 0 saturated carbocycles. The summed E-state index contributed by atoms with van der Waals surface area (Å²) in [5, 5.41) is 2.54. The molecule has 122 valence electrons. The van der Waals surface area contributed by atoms with Crippen LogP contribution in [0.25, 0.3) is 0 Å². The minimum atomic E-state index is -0.413. The maximum absolute atomic E-state index is 11.8. The summed E-state index contributed by atoms with van der Waals surface area (Å²) in [6.45, 7) is 4.45. The predicted molar refractivity (Wildman–Crippen MR) is 98.1 cm³/mol. The summed E-state index contributed by atoms with van der Waals surface area (Å²) >= 11 is 0. The van der Waals surface area contributed by atoms with Crippen LogP contribution in [0.3, 0.4) is 0 Å². The van der Waals surface area contributed by atoms with Gasteiger partial charge in [0.1, 0.15) is 11.5 Å². The Balaban J connectivity index is 1.82. The largest absolute Gasteiger partial charge is 0.457 e. The number of benzene rings is 2. The van der Waals surface area contributed by atoms with E-state index < -0.39 is 5.16 Å². The minimum absolute atomic E-state index is 0.0589. The van der Waals surface area contributed by atoms with Gasteiger partial charge >= 0.3 is 0 Å². The van der Waals surface area contributed by atoms with Crippen LogP contribution in [0, 0.1) is 0 Å². The van der Waals surface area contributed by atoms with Crippen LogP contribution in [0.15, 0.2) is 54.6 Å². The molecule has 2 aromatic carbocycles. The van der Waals surface area contributed by atoms with E-state index in [1.807, 2.05) is 56.3 Å². The third-order valence-electron chi connectivity index (χ3n) is 3.39.